The third kappa shape index (κ3) is 4.16. The van der Waals surface area contributed by atoms with E-state index in [2.05, 4.69) is 5.10 Å². The fraction of sp³-hybridized carbons (Fsp3) is 0.750. The number of likely N-dealkylation sites (tertiary alicyclic amines) is 1. The van der Waals surface area contributed by atoms with Crippen molar-refractivity contribution in [2.45, 2.75) is 71.2 Å². The van der Waals surface area contributed by atoms with Crippen LogP contribution < -0.4 is 0 Å². The zero-order valence-electron chi connectivity index (χ0n) is 18.0. The molecule has 2 heterocycles. The van der Waals surface area contributed by atoms with E-state index < -0.39 is 21.3 Å². The molecule has 1 saturated heterocycles. The van der Waals surface area contributed by atoms with Gasteiger partial charge in [-0.25, -0.2) is 9.00 Å². The maximum Gasteiger partial charge on any atom is 0.410 e. The predicted octanol–water partition coefficient (Wildman–Crippen LogP) is 3.24. The number of aromatic nitrogens is 2. The number of aryl methyl sites for hydroxylation is 1. The molecule has 1 amide bonds. The zero-order valence-corrected chi connectivity index (χ0v) is 18.9. The van der Waals surface area contributed by atoms with Crippen LogP contribution >= 0.6 is 0 Å². The third-order valence-electron chi connectivity index (χ3n) is 5.24. The van der Waals surface area contributed by atoms with Crippen molar-refractivity contribution in [3.05, 3.63) is 17.5 Å². The number of hydrogen-bond donors (Lipinski definition) is 0. The van der Waals surface area contributed by atoms with Crippen LogP contribution in [0.25, 0.3) is 0 Å². The highest BCUT2D eigenvalue weighted by Crippen LogP contribution is 2.45. The number of nitrogens with zero attached hydrogens (tertiary/aromatic N) is 4. The van der Waals surface area contributed by atoms with Crippen LogP contribution in [0.4, 0.5) is 4.79 Å². The van der Waals surface area contributed by atoms with Crippen LogP contribution in [0.2, 0.25) is 0 Å². The zero-order chi connectivity index (χ0) is 20.9. The molecule has 1 aromatic rings. The summed E-state index contributed by atoms with van der Waals surface area (Å²) in [6, 6.07) is 0. The summed E-state index contributed by atoms with van der Waals surface area (Å²) in [6.07, 6.45) is 4.03. The molecule has 0 saturated carbocycles. The molecule has 1 aliphatic carbocycles. The number of hydrogen-bond acceptors (Lipinski definition) is 4. The highest BCUT2D eigenvalue weighted by molar-refractivity contribution is 7.85. The quantitative estimate of drug-likeness (QED) is 0.715. The van der Waals surface area contributed by atoms with Crippen LogP contribution in [0.15, 0.2) is 10.6 Å². The van der Waals surface area contributed by atoms with Gasteiger partial charge in [-0.05, 0) is 54.4 Å². The Hall–Kier alpha value is -1.70. The van der Waals surface area contributed by atoms with E-state index in [0.717, 1.165) is 36.2 Å². The molecule has 28 heavy (non-hydrogen) atoms. The molecule has 7 nitrogen and oxygen atoms in total. The maximum absolute atomic E-state index is 12.8. The second kappa shape index (κ2) is 6.97. The van der Waals surface area contributed by atoms with Crippen LogP contribution in [-0.4, -0.2) is 54.1 Å². The number of rotatable bonds is 1. The summed E-state index contributed by atoms with van der Waals surface area (Å²) < 4.78 is 24.4. The minimum absolute atomic E-state index is 0.203. The average molecular weight is 409 g/mol. The molecule has 0 aromatic carbocycles. The van der Waals surface area contributed by atoms with Crippen molar-refractivity contribution in [3.8, 4) is 0 Å². The molecule has 1 aliphatic heterocycles. The highest BCUT2D eigenvalue weighted by atomic mass is 32.2. The van der Waals surface area contributed by atoms with E-state index in [1.807, 2.05) is 54.8 Å². The molecule has 1 unspecified atom stereocenters. The number of piperidine rings is 1. The first-order valence-corrected chi connectivity index (χ1v) is 10.9. The van der Waals surface area contributed by atoms with Crippen molar-refractivity contribution in [2.75, 3.05) is 13.1 Å². The Bertz CT molecular complexity index is 821. The first-order chi connectivity index (χ1) is 12.8. The van der Waals surface area contributed by atoms with Crippen LogP contribution in [0, 0.1) is 5.41 Å². The standard InChI is InChI=1S/C20H32N4O3S/c1-18(2,3)27-17(25)24-10-8-20(9-11-24)12-15-14(13-23(7)21-15)16(20)22-28(26)19(4,5)6/h13H,8-12H2,1-7H3/b22-16-. The average Bonchev–Trinajstić information content (AvgIpc) is 3.00. The second-order valence-electron chi connectivity index (χ2n) is 9.89. The molecule has 8 heteroatoms. The van der Waals surface area contributed by atoms with Gasteiger partial charge in [-0.15, -0.1) is 0 Å². The minimum atomic E-state index is -1.34. The van der Waals surface area contributed by atoms with Crippen molar-refractivity contribution in [1.29, 1.82) is 0 Å². The normalized spacial score (nSPS) is 21.8. The van der Waals surface area contributed by atoms with Gasteiger partial charge in [0.15, 0.2) is 0 Å². The van der Waals surface area contributed by atoms with Crippen LogP contribution in [0.1, 0.15) is 65.6 Å². The molecule has 2 aliphatic rings. The number of amides is 1. The minimum Gasteiger partial charge on any atom is -0.444 e. The smallest absolute Gasteiger partial charge is 0.410 e. The van der Waals surface area contributed by atoms with E-state index in [1.165, 1.54) is 0 Å². The number of carbonyl (C=O) groups is 1. The first kappa shape index (κ1) is 21.0. The number of fused-ring (bicyclic) bond motifs is 1. The van der Waals surface area contributed by atoms with Crippen molar-refractivity contribution < 1.29 is 13.7 Å². The molecule has 1 atom stereocenters. The number of ether oxygens (including phenoxy) is 1. The Kier molecular flexibility index (Phi) is 5.23. The molecule has 0 bridgehead atoms. The summed E-state index contributed by atoms with van der Waals surface area (Å²) in [7, 11) is 0.559. The topological polar surface area (TPSA) is 76.8 Å². The van der Waals surface area contributed by atoms with Crippen LogP contribution in [0.3, 0.4) is 0 Å². The fourth-order valence-corrected chi connectivity index (χ4v) is 4.51. The van der Waals surface area contributed by atoms with Crippen molar-refractivity contribution in [1.82, 2.24) is 14.7 Å². The second-order valence-corrected chi connectivity index (χ2v) is 11.8. The van der Waals surface area contributed by atoms with Gasteiger partial charge in [-0.1, -0.05) is 0 Å². The largest absolute Gasteiger partial charge is 0.444 e. The summed E-state index contributed by atoms with van der Waals surface area (Å²) in [4.78, 5) is 14.2. The first-order valence-electron chi connectivity index (χ1n) is 9.83. The molecule has 156 valence electrons. The van der Waals surface area contributed by atoms with Gasteiger partial charge in [0.25, 0.3) is 0 Å². The lowest BCUT2D eigenvalue weighted by Gasteiger charge is -2.40. The molecule has 1 spiro atoms. The van der Waals surface area contributed by atoms with Gasteiger partial charge < -0.3 is 9.64 Å². The maximum atomic E-state index is 12.8. The highest BCUT2D eigenvalue weighted by Gasteiger charge is 2.48. The van der Waals surface area contributed by atoms with Crippen LogP contribution in [0.5, 0.6) is 0 Å². The monoisotopic (exact) mass is 408 g/mol. The van der Waals surface area contributed by atoms with E-state index >= 15 is 0 Å². The Balaban J connectivity index is 1.85. The summed E-state index contributed by atoms with van der Waals surface area (Å²) in [5.41, 5.74) is 2.21. The molecule has 3 rings (SSSR count). The lowest BCUT2D eigenvalue weighted by Crippen LogP contribution is -2.47. The fourth-order valence-electron chi connectivity index (χ4n) is 3.78. The van der Waals surface area contributed by atoms with Gasteiger partial charge in [0, 0.05) is 43.7 Å². The van der Waals surface area contributed by atoms with Gasteiger partial charge in [0.1, 0.15) is 16.6 Å². The molecular formula is C20H32N4O3S. The van der Waals surface area contributed by atoms with Crippen LogP contribution in [-0.2, 0) is 29.2 Å². The van der Waals surface area contributed by atoms with Crippen molar-refractivity contribution >= 4 is 22.8 Å². The Morgan fingerprint density at radius 2 is 1.82 bits per heavy atom. The summed E-state index contributed by atoms with van der Waals surface area (Å²) >= 11 is 0. The van der Waals surface area contributed by atoms with Gasteiger partial charge in [0.05, 0.1) is 16.2 Å². The molecular weight excluding hydrogens is 376 g/mol. The Labute approximate surface area is 170 Å². The van der Waals surface area contributed by atoms with Gasteiger partial charge in [-0.2, -0.15) is 9.50 Å². The summed E-state index contributed by atoms with van der Waals surface area (Å²) in [5, 5.41) is 4.59. The molecule has 0 radical (unpaired) electrons. The third-order valence-corrected chi connectivity index (χ3v) is 6.63. The van der Waals surface area contributed by atoms with E-state index in [4.69, 9.17) is 9.13 Å². The summed E-state index contributed by atoms with van der Waals surface area (Å²) in [6.45, 7) is 12.6. The summed E-state index contributed by atoms with van der Waals surface area (Å²) in [5.74, 6) is 0. The van der Waals surface area contributed by atoms with Gasteiger partial charge in [-0.3, -0.25) is 4.68 Å². The van der Waals surface area contributed by atoms with E-state index in [0.29, 0.717) is 13.1 Å². The van der Waals surface area contributed by atoms with E-state index in [9.17, 15) is 9.00 Å². The molecule has 1 fully saturated rings. The van der Waals surface area contributed by atoms with Gasteiger partial charge >= 0.3 is 6.09 Å². The van der Waals surface area contributed by atoms with E-state index in [1.54, 1.807) is 9.58 Å². The molecule has 0 N–H and O–H groups in total. The van der Waals surface area contributed by atoms with Crippen molar-refractivity contribution in [3.63, 3.8) is 0 Å². The number of carbonyl (C=O) groups excluding carboxylic acids is 1. The molecule has 1 aromatic heterocycles. The van der Waals surface area contributed by atoms with Gasteiger partial charge in [0.2, 0.25) is 0 Å². The predicted molar refractivity (Wildman–Crippen MR) is 111 cm³/mol. The SMILES string of the molecule is Cn1cc2c(n1)CC1(CCN(C(=O)OC(C)(C)C)CC1)/C2=N\S(=O)C(C)(C)C. The van der Waals surface area contributed by atoms with E-state index in [-0.39, 0.29) is 11.5 Å². The lowest BCUT2D eigenvalue weighted by atomic mass is 9.75. The lowest BCUT2D eigenvalue weighted by molar-refractivity contribution is 0.0158. The Morgan fingerprint density at radius 3 is 2.36 bits per heavy atom. The van der Waals surface area contributed by atoms with Crippen molar-refractivity contribution in [2.24, 2.45) is 16.9 Å². The Morgan fingerprint density at radius 1 is 1.21 bits per heavy atom.